The fourth-order valence-corrected chi connectivity index (χ4v) is 2.20. The first-order chi connectivity index (χ1) is 6.54. The van der Waals surface area contributed by atoms with Crippen LogP contribution in [0.4, 0.5) is 5.69 Å². The van der Waals surface area contributed by atoms with Crippen LogP contribution < -0.4 is 34.3 Å². The van der Waals surface area contributed by atoms with E-state index in [0.29, 0.717) is 5.69 Å². The van der Waals surface area contributed by atoms with Crippen LogP contribution >= 0.6 is 0 Å². The van der Waals surface area contributed by atoms with E-state index in [4.69, 9.17) is 0 Å². The Balaban J connectivity index is 0.00000112. The van der Waals surface area contributed by atoms with Gasteiger partial charge < -0.3 is 4.55 Å². The van der Waals surface area contributed by atoms with Crippen molar-refractivity contribution in [1.29, 1.82) is 0 Å². The van der Waals surface area contributed by atoms with Gasteiger partial charge in [0.2, 0.25) is 0 Å². The maximum Gasteiger partial charge on any atom is 1.00 e. The van der Waals surface area contributed by atoms with Crippen molar-refractivity contribution in [2.45, 2.75) is 19.3 Å². The quantitative estimate of drug-likeness (QED) is 0.478. The molecule has 0 spiro atoms. The zero-order valence-electron chi connectivity index (χ0n) is 8.49. The predicted octanol–water partition coefficient (Wildman–Crippen LogP) is -1.95. The van der Waals surface area contributed by atoms with Crippen LogP contribution in [0.5, 0.6) is 0 Å². The molecule has 0 atom stereocenters. The van der Waals surface area contributed by atoms with Gasteiger partial charge in [-0.2, -0.15) is 0 Å². The molecule has 1 aromatic carbocycles. The van der Waals surface area contributed by atoms with Gasteiger partial charge in [-0.3, -0.25) is 4.72 Å². The molecule has 0 aromatic heterocycles. The molecule has 0 aliphatic heterocycles. The monoisotopic (exact) mass is 235 g/mol. The Labute approximate surface area is 111 Å². The van der Waals surface area contributed by atoms with Gasteiger partial charge >= 0.3 is 29.6 Å². The van der Waals surface area contributed by atoms with E-state index in [-0.39, 0.29) is 29.6 Å². The molecule has 0 radical (unpaired) electrons. The maximum absolute atomic E-state index is 10.4. The van der Waals surface area contributed by atoms with Crippen molar-refractivity contribution in [3.8, 4) is 0 Å². The number of nitrogens with one attached hydrogen (secondary N) is 1. The molecule has 1 aromatic rings. The van der Waals surface area contributed by atoms with E-state index >= 15 is 0 Å². The second-order valence-electron chi connectivity index (χ2n) is 3.39. The van der Waals surface area contributed by atoms with Crippen LogP contribution in [-0.2, 0) is 23.1 Å². The van der Waals surface area contributed by atoms with Gasteiger partial charge in [0.05, 0.1) is 0 Å². The van der Waals surface area contributed by atoms with Crippen LogP contribution in [0.2, 0.25) is 0 Å². The topological polar surface area (TPSA) is 69.2 Å². The molecule has 0 bridgehead atoms. The van der Waals surface area contributed by atoms with Crippen molar-refractivity contribution in [2.24, 2.45) is 0 Å². The summed E-state index contributed by atoms with van der Waals surface area (Å²) < 4.78 is 33.2. The third-order valence-electron chi connectivity index (χ3n) is 2.34. The third kappa shape index (κ3) is 3.46. The van der Waals surface area contributed by atoms with Crippen LogP contribution in [0.25, 0.3) is 0 Å². The van der Waals surface area contributed by atoms with Gasteiger partial charge in [-0.15, -0.1) is 0 Å². The third-order valence-corrected chi connectivity index (χ3v) is 2.83. The molecule has 0 heterocycles. The van der Waals surface area contributed by atoms with Gasteiger partial charge in [-0.05, 0) is 42.5 Å². The SMILES string of the molecule is O=S(=O)([O-])Nc1ccc2c(c1)CCC2.[Na+]. The minimum Gasteiger partial charge on any atom is -0.731 e. The molecular weight excluding hydrogens is 225 g/mol. The summed E-state index contributed by atoms with van der Waals surface area (Å²) in [5.41, 5.74) is 2.75. The van der Waals surface area contributed by atoms with Crippen molar-refractivity contribution >= 4 is 16.0 Å². The van der Waals surface area contributed by atoms with Crippen LogP contribution in [0.3, 0.4) is 0 Å². The average molecular weight is 235 g/mol. The fraction of sp³-hybridized carbons (Fsp3) is 0.333. The number of benzene rings is 1. The van der Waals surface area contributed by atoms with E-state index in [1.807, 2.05) is 10.8 Å². The first-order valence-electron chi connectivity index (χ1n) is 4.40. The molecule has 0 saturated heterocycles. The van der Waals surface area contributed by atoms with Crippen LogP contribution in [0.1, 0.15) is 17.5 Å². The van der Waals surface area contributed by atoms with E-state index in [1.165, 1.54) is 5.56 Å². The van der Waals surface area contributed by atoms with Gasteiger partial charge in [0, 0.05) is 5.69 Å². The summed E-state index contributed by atoms with van der Waals surface area (Å²) in [6, 6.07) is 5.23. The number of aryl methyl sites for hydroxylation is 2. The van der Waals surface area contributed by atoms with Gasteiger partial charge in [0.1, 0.15) is 0 Å². The Morgan fingerprint density at radius 1 is 1.20 bits per heavy atom. The van der Waals surface area contributed by atoms with Crippen molar-refractivity contribution < 1.29 is 42.5 Å². The van der Waals surface area contributed by atoms with E-state index in [2.05, 4.69) is 0 Å². The number of anilines is 1. The summed E-state index contributed by atoms with van der Waals surface area (Å²) in [5, 5.41) is 0. The standard InChI is InChI=1S/C9H11NO3S.Na/c11-14(12,13)10-9-5-4-7-2-1-3-8(7)6-9;/h4-6,10H,1-3H2,(H,11,12,13);/q;+1/p-1. The van der Waals surface area contributed by atoms with Crippen molar-refractivity contribution in [3.63, 3.8) is 0 Å². The average Bonchev–Trinajstić information content (AvgIpc) is 2.47. The number of hydrogen-bond donors (Lipinski definition) is 1. The van der Waals surface area contributed by atoms with Crippen molar-refractivity contribution in [1.82, 2.24) is 0 Å². The van der Waals surface area contributed by atoms with E-state index < -0.39 is 10.3 Å². The van der Waals surface area contributed by atoms with E-state index in [0.717, 1.165) is 24.8 Å². The largest absolute Gasteiger partial charge is 1.00 e. The molecule has 0 fully saturated rings. The fourth-order valence-electron chi connectivity index (χ4n) is 1.78. The van der Waals surface area contributed by atoms with Crippen molar-refractivity contribution in [3.05, 3.63) is 29.3 Å². The Morgan fingerprint density at radius 3 is 2.53 bits per heavy atom. The molecule has 1 aliphatic rings. The predicted molar refractivity (Wildman–Crippen MR) is 51.8 cm³/mol. The van der Waals surface area contributed by atoms with Gasteiger partial charge in [-0.1, -0.05) is 6.07 Å². The minimum absolute atomic E-state index is 0. The first-order valence-corrected chi connectivity index (χ1v) is 5.81. The number of hydrogen-bond acceptors (Lipinski definition) is 3. The minimum atomic E-state index is -4.39. The molecule has 0 saturated carbocycles. The van der Waals surface area contributed by atoms with Crippen molar-refractivity contribution in [2.75, 3.05) is 4.72 Å². The Bertz CT molecular complexity index is 458. The molecule has 4 nitrogen and oxygen atoms in total. The summed E-state index contributed by atoms with van der Waals surface area (Å²) in [6.07, 6.45) is 3.10. The van der Waals surface area contributed by atoms with E-state index in [1.54, 1.807) is 12.1 Å². The summed E-state index contributed by atoms with van der Waals surface area (Å²) in [7, 11) is -4.39. The van der Waals surface area contributed by atoms with Crippen LogP contribution in [0, 0.1) is 0 Å². The molecule has 15 heavy (non-hydrogen) atoms. The zero-order chi connectivity index (χ0) is 10.2. The van der Waals surface area contributed by atoms with Gasteiger partial charge in [-0.25, -0.2) is 8.42 Å². The van der Waals surface area contributed by atoms with E-state index in [9.17, 15) is 13.0 Å². The number of fused-ring (bicyclic) bond motifs is 1. The summed E-state index contributed by atoms with van der Waals surface area (Å²) in [4.78, 5) is 0. The molecule has 6 heteroatoms. The Morgan fingerprint density at radius 2 is 1.87 bits per heavy atom. The van der Waals surface area contributed by atoms with Crippen LogP contribution in [-0.4, -0.2) is 13.0 Å². The second kappa shape index (κ2) is 4.84. The molecule has 76 valence electrons. The van der Waals surface area contributed by atoms with Gasteiger partial charge in [0.25, 0.3) is 0 Å². The first kappa shape index (κ1) is 13.0. The normalized spacial score (nSPS) is 14.2. The molecule has 1 N–H and O–H groups in total. The molecule has 0 amide bonds. The molecular formula is C9H10NNaO3S. The summed E-state index contributed by atoms with van der Waals surface area (Å²) in [6.45, 7) is 0. The number of rotatable bonds is 2. The molecule has 0 unspecified atom stereocenters. The Hall–Kier alpha value is -0.0700. The maximum atomic E-state index is 10.4. The molecule has 2 rings (SSSR count). The van der Waals surface area contributed by atoms with Crippen LogP contribution in [0.15, 0.2) is 18.2 Å². The summed E-state index contributed by atoms with van der Waals surface area (Å²) in [5.74, 6) is 0. The zero-order valence-corrected chi connectivity index (χ0v) is 11.3. The van der Waals surface area contributed by atoms with Gasteiger partial charge in [0.15, 0.2) is 10.3 Å². The smallest absolute Gasteiger partial charge is 0.731 e. The summed E-state index contributed by atoms with van der Waals surface area (Å²) >= 11 is 0. The Kier molecular flexibility index (Phi) is 4.20. The molecule has 1 aliphatic carbocycles. The second-order valence-corrected chi connectivity index (χ2v) is 4.51.